The first-order valence-corrected chi connectivity index (χ1v) is 16.7. The highest BCUT2D eigenvalue weighted by Crippen LogP contribution is 2.21. The number of benzene rings is 2. The van der Waals surface area contributed by atoms with Gasteiger partial charge in [-0.05, 0) is 55.0 Å². The molecule has 22 nitrogen and oxygen atoms in total. The van der Waals surface area contributed by atoms with E-state index in [4.69, 9.17) is 26.8 Å². The van der Waals surface area contributed by atoms with Gasteiger partial charge in [-0.2, -0.15) is 9.97 Å². The molecule has 0 radical (unpaired) electrons. The van der Waals surface area contributed by atoms with Crippen LogP contribution in [0.4, 0.5) is 46.3 Å². The molecule has 0 fully saturated rings. The SMILES string of the molecule is Nc1nc2c(c(=O)[nH]1)NC(CNc1ccc(C(=O)NC(CCC(=O)O)C(=O)O)cc1)CN2.Nc1nc2c(c(=O)[nH]1)NC(CNc1ccc(C(=O)O)cc1)CN2. The fraction of sp³-hybridized carbons (Fsp3) is 0.273. The van der Waals surface area contributed by atoms with E-state index in [0.717, 1.165) is 5.69 Å². The Balaban J connectivity index is 0.000000222. The van der Waals surface area contributed by atoms with Crippen molar-refractivity contribution in [1.82, 2.24) is 25.3 Å². The van der Waals surface area contributed by atoms with Crippen LogP contribution >= 0.6 is 0 Å². The summed E-state index contributed by atoms with van der Waals surface area (Å²) in [5.74, 6) is -3.10. The van der Waals surface area contributed by atoms with E-state index >= 15 is 0 Å². The Bertz CT molecular complexity index is 2160. The summed E-state index contributed by atoms with van der Waals surface area (Å²) in [6.07, 6.45) is -0.587. The van der Waals surface area contributed by atoms with E-state index in [0.29, 0.717) is 54.9 Å². The van der Waals surface area contributed by atoms with E-state index in [2.05, 4.69) is 57.2 Å². The van der Waals surface area contributed by atoms with Crippen LogP contribution in [0.2, 0.25) is 0 Å². The lowest BCUT2D eigenvalue weighted by atomic mass is 10.1. The number of nitrogens with one attached hydrogen (secondary N) is 9. The third-order valence-electron chi connectivity index (χ3n) is 8.24. The molecule has 55 heavy (non-hydrogen) atoms. The standard InChI is InChI=1S/C19H23N7O6.C14H16N6O3/c20-19-25-15-14(17(30)26-19)23-11(8-22-15)7-21-10-3-1-9(2-4-10)16(29)24-12(18(31)32)5-6-13(27)28;15-14-19-11-10(12(21)20-14)18-9(6-17-11)5-16-8-3-1-7(2-4-8)13(22)23/h1-4,11-12,21,23H,5-8H2,(H,24,29)(H,27,28)(H,31,32)(H4,20,22,25,26,30);1-4,9,16,18H,5-6H2,(H,22,23)(H4,15,17,19,20,21). The van der Waals surface area contributed by atoms with Crippen LogP contribution in [0.3, 0.4) is 0 Å². The van der Waals surface area contributed by atoms with Gasteiger partial charge in [0.2, 0.25) is 11.9 Å². The number of carbonyl (C=O) groups excluding carboxylic acids is 1. The lowest BCUT2D eigenvalue weighted by Gasteiger charge is -2.27. The number of nitrogens with two attached hydrogens (primary N) is 2. The molecule has 3 atom stereocenters. The van der Waals surface area contributed by atoms with Crippen LogP contribution < -0.4 is 59.8 Å². The normalized spacial score (nSPS) is 15.6. The second-order valence-electron chi connectivity index (χ2n) is 12.3. The number of anilines is 8. The van der Waals surface area contributed by atoms with Gasteiger partial charge < -0.3 is 64.0 Å². The zero-order valence-corrected chi connectivity index (χ0v) is 28.9. The third kappa shape index (κ3) is 10.5. The van der Waals surface area contributed by atoms with Crippen molar-refractivity contribution in [1.29, 1.82) is 0 Å². The van der Waals surface area contributed by atoms with Gasteiger partial charge in [0.15, 0.2) is 11.6 Å². The molecule has 3 unspecified atom stereocenters. The van der Waals surface area contributed by atoms with E-state index in [9.17, 15) is 28.8 Å². The van der Waals surface area contributed by atoms with Crippen molar-refractivity contribution in [2.75, 3.05) is 69.5 Å². The molecule has 2 aliphatic heterocycles. The van der Waals surface area contributed by atoms with E-state index in [1.807, 2.05) is 0 Å². The highest BCUT2D eigenvalue weighted by atomic mass is 16.4. The third-order valence-corrected chi connectivity index (χ3v) is 8.24. The number of hydrogen-bond acceptors (Lipinski definition) is 16. The topological polar surface area (TPSA) is 357 Å². The lowest BCUT2D eigenvalue weighted by Crippen LogP contribution is -2.41. The van der Waals surface area contributed by atoms with Crippen LogP contribution in [0, 0.1) is 0 Å². The van der Waals surface area contributed by atoms with E-state index < -0.39 is 29.9 Å². The van der Waals surface area contributed by atoms with Gasteiger partial charge in [-0.3, -0.25) is 29.1 Å². The van der Waals surface area contributed by atoms with Gasteiger partial charge in [0, 0.05) is 49.5 Å². The quantitative estimate of drug-likeness (QED) is 0.0858. The molecule has 6 rings (SSSR count). The van der Waals surface area contributed by atoms with Crippen molar-refractivity contribution in [3.8, 4) is 0 Å². The molecule has 290 valence electrons. The predicted molar refractivity (Wildman–Crippen MR) is 203 cm³/mol. The number of nitrogens with zero attached hydrogens (tertiary/aromatic N) is 2. The fourth-order valence-corrected chi connectivity index (χ4v) is 5.42. The summed E-state index contributed by atoms with van der Waals surface area (Å²) in [6, 6.07) is 11.4. The van der Waals surface area contributed by atoms with Gasteiger partial charge in [0.05, 0.1) is 17.6 Å². The number of fused-ring (bicyclic) bond motifs is 2. The Kier molecular flexibility index (Phi) is 12.2. The average Bonchev–Trinajstić information content (AvgIpc) is 3.15. The van der Waals surface area contributed by atoms with E-state index in [-0.39, 0.29) is 59.1 Å². The minimum Gasteiger partial charge on any atom is -0.481 e. The average molecular weight is 762 g/mol. The first-order valence-electron chi connectivity index (χ1n) is 16.7. The number of nitrogen functional groups attached to an aromatic ring is 2. The smallest absolute Gasteiger partial charge is 0.335 e. The minimum atomic E-state index is -1.30. The highest BCUT2D eigenvalue weighted by Gasteiger charge is 2.24. The number of aliphatic carboxylic acids is 2. The molecule has 2 aromatic carbocycles. The molecule has 4 heterocycles. The molecule has 0 spiro atoms. The monoisotopic (exact) mass is 761 g/mol. The van der Waals surface area contributed by atoms with Crippen molar-refractivity contribution >= 4 is 70.1 Å². The summed E-state index contributed by atoms with van der Waals surface area (Å²) in [4.78, 5) is 81.7. The Morgan fingerprint density at radius 2 is 1.18 bits per heavy atom. The summed E-state index contributed by atoms with van der Waals surface area (Å²) < 4.78 is 0. The number of aromatic carboxylic acids is 1. The van der Waals surface area contributed by atoms with Crippen LogP contribution in [-0.2, 0) is 9.59 Å². The summed E-state index contributed by atoms with van der Waals surface area (Å²) in [7, 11) is 0. The number of amides is 1. The summed E-state index contributed by atoms with van der Waals surface area (Å²) in [5, 5.41) is 47.7. The molecular formula is C33H39N13O9. The fourth-order valence-electron chi connectivity index (χ4n) is 5.42. The summed E-state index contributed by atoms with van der Waals surface area (Å²) in [6.45, 7) is 2.08. The maximum atomic E-state index is 12.3. The zero-order chi connectivity index (χ0) is 39.6. The summed E-state index contributed by atoms with van der Waals surface area (Å²) in [5.41, 5.74) is 13.0. The van der Waals surface area contributed by atoms with Crippen LogP contribution in [0.1, 0.15) is 33.6 Å². The first-order chi connectivity index (χ1) is 26.2. The van der Waals surface area contributed by atoms with Gasteiger partial charge in [-0.15, -0.1) is 0 Å². The number of carboxylic acid groups (broad SMARTS) is 3. The molecule has 0 aliphatic carbocycles. The number of carboxylic acids is 3. The Labute approximate surface area is 310 Å². The van der Waals surface area contributed by atoms with Crippen LogP contribution in [0.15, 0.2) is 58.1 Å². The maximum absolute atomic E-state index is 12.3. The lowest BCUT2D eigenvalue weighted by molar-refractivity contribution is -0.140. The molecule has 16 N–H and O–H groups in total. The van der Waals surface area contributed by atoms with Crippen molar-refractivity contribution < 1.29 is 34.5 Å². The van der Waals surface area contributed by atoms with Crippen molar-refractivity contribution in [2.24, 2.45) is 0 Å². The van der Waals surface area contributed by atoms with Gasteiger partial charge in [0.25, 0.3) is 17.0 Å². The largest absolute Gasteiger partial charge is 0.481 e. The molecular weight excluding hydrogens is 722 g/mol. The number of aromatic amines is 2. The number of H-pyrrole nitrogens is 2. The predicted octanol–water partition coefficient (Wildman–Crippen LogP) is 0.0864. The molecule has 2 aromatic heterocycles. The number of aromatic nitrogens is 4. The van der Waals surface area contributed by atoms with Crippen LogP contribution in [-0.4, -0.2) is 103 Å². The highest BCUT2D eigenvalue weighted by molar-refractivity contribution is 5.97. The molecule has 0 bridgehead atoms. The van der Waals surface area contributed by atoms with Crippen molar-refractivity contribution in [3.63, 3.8) is 0 Å². The van der Waals surface area contributed by atoms with Gasteiger partial charge in [-0.1, -0.05) is 0 Å². The maximum Gasteiger partial charge on any atom is 0.335 e. The molecule has 0 saturated heterocycles. The van der Waals surface area contributed by atoms with Gasteiger partial charge in [0.1, 0.15) is 17.4 Å². The Morgan fingerprint density at radius 1 is 0.727 bits per heavy atom. The van der Waals surface area contributed by atoms with Gasteiger partial charge >= 0.3 is 17.9 Å². The molecule has 4 aromatic rings. The number of carbonyl (C=O) groups is 4. The second kappa shape index (κ2) is 17.3. The first kappa shape index (κ1) is 38.7. The van der Waals surface area contributed by atoms with E-state index in [1.165, 1.54) is 24.3 Å². The Morgan fingerprint density at radius 3 is 1.60 bits per heavy atom. The van der Waals surface area contributed by atoms with Crippen LogP contribution in [0.25, 0.3) is 0 Å². The Hall–Kier alpha value is -7.52. The number of hydrogen-bond donors (Lipinski definition) is 14. The summed E-state index contributed by atoms with van der Waals surface area (Å²) >= 11 is 0. The number of rotatable bonds is 13. The van der Waals surface area contributed by atoms with Crippen molar-refractivity contribution in [3.05, 3.63) is 80.4 Å². The molecule has 22 heteroatoms. The molecule has 0 saturated carbocycles. The minimum absolute atomic E-state index is 0.0281. The van der Waals surface area contributed by atoms with E-state index in [1.54, 1.807) is 24.3 Å². The van der Waals surface area contributed by atoms with Crippen molar-refractivity contribution in [2.45, 2.75) is 31.0 Å². The zero-order valence-electron chi connectivity index (χ0n) is 28.9. The second-order valence-corrected chi connectivity index (χ2v) is 12.3. The molecule has 1 amide bonds. The molecule has 2 aliphatic rings. The van der Waals surface area contributed by atoms with Gasteiger partial charge in [-0.25, -0.2) is 9.59 Å². The van der Waals surface area contributed by atoms with Crippen LogP contribution in [0.5, 0.6) is 0 Å².